The van der Waals surface area contributed by atoms with Crippen LogP contribution in [-0.2, 0) is 0 Å². The molecule has 0 amide bonds. The van der Waals surface area contributed by atoms with Gasteiger partial charge in [0.25, 0.3) is 0 Å². The van der Waals surface area contributed by atoms with Crippen molar-refractivity contribution >= 4 is 29.8 Å². The summed E-state index contributed by atoms with van der Waals surface area (Å²) in [4.78, 5) is 0. The summed E-state index contributed by atoms with van der Waals surface area (Å²) in [6, 6.07) is 0. The molecular weight excluding hydrogens is 127 g/mol. The fraction of sp³-hybridized carbons (Fsp3) is 1.00. The third kappa shape index (κ3) is 48.9. The van der Waals surface area contributed by atoms with E-state index in [1.54, 1.807) is 12.5 Å². The van der Waals surface area contributed by atoms with Gasteiger partial charge in [0.05, 0.1) is 0 Å². The van der Waals surface area contributed by atoms with Crippen LogP contribution in [0.1, 0.15) is 0 Å². The Morgan fingerprint density at radius 1 is 1.20 bits per heavy atom. The molecule has 0 radical (unpaired) electrons. The van der Waals surface area contributed by atoms with E-state index in [-0.39, 0.29) is 0 Å². The van der Waals surface area contributed by atoms with Crippen LogP contribution >= 0.6 is 29.8 Å². The topological polar surface area (TPSA) is 0 Å². The van der Waals surface area contributed by atoms with Crippen LogP contribution < -0.4 is 0 Å². The minimum absolute atomic E-state index is 1.22. The summed E-state index contributed by atoms with van der Waals surface area (Å²) in [7, 11) is 9.54. The average molecular weight is 133 g/mol. The van der Waals surface area contributed by atoms with Crippen molar-refractivity contribution in [1.82, 2.24) is 0 Å². The van der Waals surface area contributed by atoms with Gasteiger partial charge in [-0.15, -0.1) is 0 Å². The smallest absolute Gasteiger partial charge is 0.00885 e. The fourth-order valence-corrected chi connectivity index (χ4v) is 0. The van der Waals surface area contributed by atoms with Gasteiger partial charge in [-0.25, -0.2) is 0 Å². The summed E-state index contributed by atoms with van der Waals surface area (Å²) in [5.74, 6) is 0. The fourth-order valence-electron chi connectivity index (χ4n) is 0. The molecule has 0 aromatic heterocycles. The number of hydrogen-bond acceptors (Lipinski definition) is 0. The molecule has 5 heavy (non-hydrogen) atoms. The maximum Gasteiger partial charge on any atom is -0.00885 e. The van der Waals surface area contributed by atoms with Crippen molar-refractivity contribution in [2.45, 2.75) is 0 Å². The van der Waals surface area contributed by atoms with E-state index in [1.165, 1.54) is 0 Å². The van der Waals surface area contributed by atoms with E-state index in [1.807, 2.05) is 0 Å². The number of rotatable bonds is 0. The molecule has 3 heteroatoms. The van der Waals surface area contributed by atoms with Crippen LogP contribution in [0, 0.1) is 0 Å². The highest BCUT2D eigenvalue weighted by molar-refractivity contribution is 8.65. The zero-order chi connectivity index (χ0) is 4.50. The third-order valence-corrected chi connectivity index (χ3v) is 0. The molecule has 0 aromatic carbocycles. The quantitative estimate of drug-likeness (QED) is 0.475. The lowest BCUT2D eigenvalue weighted by Gasteiger charge is -2.06. The standard InChI is InChI=1S/C2H6Cl2S/c1-5(2,3)4/h1-2H3. The molecule has 0 rings (SSSR count). The highest BCUT2D eigenvalue weighted by Crippen LogP contribution is 2.50. The van der Waals surface area contributed by atoms with E-state index >= 15 is 0 Å². The molecule has 0 aromatic rings. The van der Waals surface area contributed by atoms with Gasteiger partial charge in [-0.2, -0.15) is 0 Å². The summed E-state index contributed by atoms with van der Waals surface area (Å²) < 4.78 is 0. The van der Waals surface area contributed by atoms with Crippen molar-refractivity contribution in [3.05, 3.63) is 0 Å². The highest BCUT2D eigenvalue weighted by Gasteiger charge is 1.94. The average Bonchev–Trinajstić information content (AvgIpc) is 0.722. The van der Waals surface area contributed by atoms with Crippen LogP contribution in [0.2, 0.25) is 0 Å². The monoisotopic (exact) mass is 132 g/mol. The van der Waals surface area contributed by atoms with Gasteiger partial charge >= 0.3 is 0 Å². The summed E-state index contributed by atoms with van der Waals surface area (Å²) in [6.07, 6.45) is 3.60. The predicted octanol–water partition coefficient (Wildman–Crippen LogP) is 2.36. The van der Waals surface area contributed by atoms with E-state index in [0.717, 1.165) is 0 Å². The van der Waals surface area contributed by atoms with E-state index in [9.17, 15) is 0 Å². The molecular formula is C2H6Cl2S. The molecule has 0 unspecified atom stereocenters. The Labute approximate surface area is 42.8 Å². The van der Waals surface area contributed by atoms with Crippen molar-refractivity contribution in [2.24, 2.45) is 0 Å². The Morgan fingerprint density at radius 3 is 1.20 bits per heavy atom. The molecule has 0 heterocycles. The second-order valence-corrected chi connectivity index (χ2v) is 8.35. The first kappa shape index (κ1) is 5.93. The molecule has 0 atom stereocenters. The van der Waals surface area contributed by atoms with Gasteiger partial charge in [0, 0.05) is 0 Å². The minimum atomic E-state index is -1.22. The highest BCUT2D eigenvalue weighted by atomic mass is 36.0. The van der Waals surface area contributed by atoms with Gasteiger partial charge in [-0.3, -0.25) is 0 Å². The van der Waals surface area contributed by atoms with Crippen LogP contribution in [0.4, 0.5) is 0 Å². The summed E-state index contributed by atoms with van der Waals surface area (Å²) >= 11 is 0. The van der Waals surface area contributed by atoms with Gasteiger partial charge in [0.1, 0.15) is 0 Å². The number of halogens is 2. The minimum Gasteiger partial charge on any atom is -0.0902 e. The third-order valence-electron chi connectivity index (χ3n) is 0. The maximum atomic E-state index is 5.38. The molecule has 0 saturated carbocycles. The molecule has 0 bridgehead atoms. The molecule has 0 aliphatic heterocycles. The van der Waals surface area contributed by atoms with Crippen LogP contribution in [0.5, 0.6) is 0 Å². The molecule has 34 valence electrons. The Hall–Kier alpha value is 0.930. The zero-order valence-electron chi connectivity index (χ0n) is 3.16. The largest absolute Gasteiger partial charge is 0.0902 e. The predicted molar refractivity (Wildman–Crippen MR) is 31.1 cm³/mol. The van der Waals surface area contributed by atoms with E-state index < -0.39 is 8.46 Å². The van der Waals surface area contributed by atoms with Crippen LogP contribution in [0.15, 0.2) is 0 Å². The van der Waals surface area contributed by atoms with Crippen molar-refractivity contribution in [1.29, 1.82) is 0 Å². The van der Waals surface area contributed by atoms with Gasteiger partial charge in [-0.05, 0) is 12.5 Å². The summed E-state index contributed by atoms with van der Waals surface area (Å²) in [5.41, 5.74) is 0. The van der Waals surface area contributed by atoms with Crippen LogP contribution in [0.3, 0.4) is 0 Å². The summed E-state index contributed by atoms with van der Waals surface area (Å²) in [5, 5.41) is 0. The Bertz CT molecular complexity index is 23.1. The second-order valence-electron chi connectivity index (χ2n) is 1.08. The summed E-state index contributed by atoms with van der Waals surface area (Å²) in [6.45, 7) is 0. The van der Waals surface area contributed by atoms with E-state index in [2.05, 4.69) is 0 Å². The van der Waals surface area contributed by atoms with Gasteiger partial charge in [0.15, 0.2) is 0 Å². The lowest BCUT2D eigenvalue weighted by molar-refractivity contribution is 2.33. The second kappa shape index (κ2) is 1.59. The first-order valence-corrected chi connectivity index (χ1v) is 5.23. The van der Waals surface area contributed by atoms with E-state index in [4.69, 9.17) is 21.4 Å². The van der Waals surface area contributed by atoms with Gasteiger partial charge in [0.2, 0.25) is 0 Å². The Kier molecular flexibility index (Phi) is 1.88. The zero-order valence-corrected chi connectivity index (χ0v) is 5.49. The van der Waals surface area contributed by atoms with Gasteiger partial charge < -0.3 is 0 Å². The van der Waals surface area contributed by atoms with Gasteiger partial charge in [-0.1, -0.05) is 29.8 Å². The lowest BCUT2D eigenvalue weighted by atomic mass is 11.9. The normalized spacial score (nSPS) is 15.2. The Morgan fingerprint density at radius 2 is 1.20 bits per heavy atom. The number of hydrogen-bond donors (Lipinski definition) is 0. The van der Waals surface area contributed by atoms with Crippen molar-refractivity contribution in [3.63, 3.8) is 0 Å². The molecule has 0 aliphatic rings. The SMILES string of the molecule is CS(C)(Cl)Cl. The molecule has 0 saturated heterocycles. The molecule has 0 fully saturated rings. The molecule has 0 nitrogen and oxygen atoms in total. The molecule has 0 N–H and O–H groups in total. The van der Waals surface area contributed by atoms with E-state index in [0.29, 0.717) is 0 Å². The maximum absolute atomic E-state index is 5.38. The van der Waals surface area contributed by atoms with Crippen molar-refractivity contribution < 1.29 is 0 Å². The van der Waals surface area contributed by atoms with Crippen molar-refractivity contribution in [2.75, 3.05) is 12.5 Å². The molecule has 0 aliphatic carbocycles. The lowest BCUT2D eigenvalue weighted by Crippen LogP contribution is -1.62. The first-order valence-electron chi connectivity index (χ1n) is 1.13. The Balaban J connectivity index is 3.02. The van der Waals surface area contributed by atoms with Crippen LogP contribution in [-0.4, -0.2) is 12.5 Å². The molecule has 0 spiro atoms. The first-order chi connectivity index (χ1) is 2.00. The van der Waals surface area contributed by atoms with Crippen molar-refractivity contribution in [3.8, 4) is 0 Å². The van der Waals surface area contributed by atoms with Crippen LogP contribution in [0.25, 0.3) is 0 Å².